The van der Waals surface area contributed by atoms with Gasteiger partial charge in [-0.3, -0.25) is 9.59 Å². The van der Waals surface area contributed by atoms with Crippen LogP contribution in [-0.2, 0) is 9.59 Å². The number of benzene rings is 3. The molecule has 1 aliphatic rings. The van der Waals surface area contributed by atoms with E-state index in [9.17, 15) is 14.7 Å². The molecule has 0 aromatic heterocycles. The molecule has 0 amide bonds. The molecule has 0 fully saturated rings. The van der Waals surface area contributed by atoms with E-state index in [0.29, 0.717) is 12.2 Å². The highest BCUT2D eigenvalue weighted by atomic mass is 16.5. The molecule has 2 atom stereocenters. The minimum absolute atomic E-state index is 0.0386. The number of ketones is 2. The van der Waals surface area contributed by atoms with Gasteiger partial charge in [0.05, 0.1) is 13.5 Å². The topological polar surface area (TPSA) is 63.6 Å². The maximum absolute atomic E-state index is 12.5. The Hall–Kier alpha value is -3.66. The fraction of sp³-hybridized carbons (Fsp3) is 0.312. The van der Waals surface area contributed by atoms with Crippen molar-refractivity contribution in [3.8, 4) is 11.5 Å². The van der Waals surface area contributed by atoms with E-state index in [1.807, 2.05) is 18.2 Å². The molecule has 0 aliphatic heterocycles. The van der Waals surface area contributed by atoms with Gasteiger partial charge in [-0.25, -0.2) is 0 Å². The predicted octanol–water partition coefficient (Wildman–Crippen LogP) is 7.47. The normalized spacial score (nSPS) is 20.6. The predicted molar refractivity (Wildman–Crippen MR) is 146 cm³/mol. The number of phenolic OH excluding ortho intramolecular Hbond substituents is 1. The lowest BCUT2D eigenvalue weighted by atomic mass is 9.85. The number of Topliss-reactive ketones (excluding diaryl/α,β-unsaturated/α-hetero) is 1. The van der Waals surface area contributed by atoms with Gasteiger partial charge in [0, 0.05) is 17.9 Å². The quantitative estimate of drug-likeness (QED) is 0.393. The first-order chi connectivity index (χ1) is 17.4. The van der Waals surface area contributed by atoms with Crippen molar-refractivity contribution in [1.82, 2.24) is 0 Å². The SMILES string of the molecule is CC[C@H]1/C=C/c2cc(cc3ccccc23)[C@H](CC)c2cc(cc(OC)c2O)/C=C/C(=O)CC(=O)CC1. The maximum atomic E-state index is 12.5. The molecule has 0 unspecified atom stereocenters. The summed E-state index contributed by atoms with van der Waals surface area (Å²) in [7, 11) is 1.52. The Balaban J connectivity index is 1.94. The second kappa shape index (κ2) is 11.4. The van der Waals surface area contributed by atoms with Gasteiger partial charge < -0.3 is 9.84 Å². The number of hydrogen-bond donors (Lipinski definition) is 1. The molecule has 36 heavy (non-hydrogen) atoms. The number of allylic oxidation sites excluding steroid dienone is 2. The summed E-state index contributed by atoms with van der Waals surface area (Å²) in [5.74, 6) is 0.396. The van der Waals surface area contributed by atoms with Crippen LogP contribution >= 0.6 is 0 Å². The van der Waals surface area contributed by atoms with Gasteiger partial charge >= 0.3 is 0 Å². The van der Waals surface area contributed by atoms with Gasteiger partial charge in [-0.05, 0) is 70.9 Å². The van der Waals surface area contributed by atoms with Crippen molar-refractivity contribution in [3.63, 3.8) is 0 Å². The van der Waals surface area contributed by atoms with Gasteiger partial charge in [-0.1, -0.05) is 68.5 Å². The van der Waals surface area contributed by atoms with Crippen LogP contribution in [0.15, 0.2) is 60.7 Å². The molecular weight excluding hydrogens is 448 g/mol. The van der Waals surface area contributed by atoms with Crippen molar-refractivity contribution in [2.75, 3.05) is 7.11 Å². The molecule has 1 aliphatic carbocycles. The van der Waals surface area contributed by atoms with Crippen LogP contribution in [0.25, 0.3) is 22.9 Å². The summed E-state index contributed by atoms with van der Waals surface area (Å²) in [6.45, 7) is 4.23. The Kier molecular flexibility index (Phi) is 8.04. The van der Waals surface area contributed by atoms with Crippen molar-refractivity contribution in [3.05, 3.63) is 82.9 Å². The molecule has 4 bridgehead atoms. The molecule has 186 valence electrons. The number of methoxy groups -OCH3 is 1. The molecule has 0 heterocycles. The van der Waals surface area contributed by atoms with Crippen molar-refractivity contribution < 1.29 is 19.4 Å². The average molecular weight is 483 g/mol. The van der Waals surface area contributed by atoms with Gasteiger partial charge in [-0.15, -0.1) is 0 Å². The number of phenols is 1. The highest BCUT2D eigenvalue weighted by Crippen LogP contribution is 2.42. The van der Waals surface area contributed by atoms with Crippen LogP contribution in [0.5, 0.6) is 11.5 Å². The Morgan fingerprint density at radius 3 is 2.53 bits per heavy atom. The van der Waals surface area contributed by atoms with Crippen LogP contribution in [0.3, 0.4) is 0 Å². The third-order valence-corrected chi connectivity index (χ3v) is 7.15. The van der Waals surface area contributed by atoms with E-state index < -0.39 is 0 Å². The molecule has 0 saturated heterocycles. The molecule has 4 rings (SSSR count). The lowest BCUT2D eigenvalue weighted by molar-refractivity contribution is -0.124. The Morgan fingerprint density at radius 1 is 0.972 bits per heavy atom. The minimum atomic E-state index is -0.216. The summed E-state index contributed by atoms with van der Waals surface area (Å²) in [4.78, 5) is 25.0. The third-order valence-electron chi connectivity index (χ3n) is 7.15. The highest BCUT2D eigenvalue weighted by Gasteiger charge is 2.21. The molecule has 4 nitrogen and oxygen atoms in total. The summed E-state index contributed by atoms with van der Waals surface area (Å²) in [6.07, 6.45) is 10.2. The van der Waals surface area contributed by atoms with E-state index in [1.54, 1.807) is 12.1 Å². The van der Waals surface area contributed by atoms with Crippen LogP contribution < -0.4 is 4.74 Å². The lowest BCUT2D eigenvalue weighted by Crippen LogP contribution is -2.07. The van der Waals surface area contributed by atoms with E-state index in [4.69, 9.17) is 4.74 Å². The lowest BCUT2D eigenvalue weighted by Gasteiger charge is -2.21. The third kappa shape index (κ3) is 5.59. The van der Waals surface area contributed by atoms with Crippen LogP contribution in [-0.4, -0.2) is 23.8 Å². The number of fused-ring (bicyclic) bond motifs is 6. The largest absolute Gasteiger partial charge is 0.504 e. The molecule has 0 saturated carbocycles. The molecule has 0 spiro atoms. The molecule has 1 N–H and O–H groups in total. The fourth-order valence-corrected chi connectivity index (χ4v) is 5.06. The van der Waals surface area contributed by atoms with E-state index in [-0.39, 0.29) is 35.6 Å². The van der Waals surface area contributed by atoms with Crippen LogP contribution in [0.4, 0.5) is 0 Å². The van der Waals surface area contributed by atoms with E-state index in [0.717, 1.165) is 46.9 Å². The number of hydrogen-bond acceptors (Lipinski definition) is 4. The Labute approximate surface area is 213 Å². The molecular formula is C32H34O4. The maximum Gasteiger partial charge on any atom is 0.163 e. The standard InChI is InChI=1S/C32H34O4/c1-4-21-10-13-24-19-25(18-23-8-6-7-9-29(23)24)28(5-2)30-16-22(17-31(36-3)32(30)35)12-15-27(34)20-26(33)14-11-21/h6-10,12-13,15-19,21,28,35H,4-5,11,14,20H2,1-3H3/b13-10+,15-12+/t21-,28-/m0/s1. The summed E-state index contributed by atoms with van der Waals surface area (Å²) in [5.41, 5.74) is 3.72. The van der Waals surface area contributed by atoms with Crippen LogP contribution in [0.1, 0.15) is 74.1 Å². The molecule has 0 radical (unpaired) electrons. The number of ether oxygens (including phenoxy) is 1. The second-order valence-corrected chi connectivity index (χ2v) is 9.53. The van der Waals surface area contributed by atoms with Gasteiger partial charge in [0.1, 0.15) is 5.78 Å². The zero-order chi connectivity index (χ0) is 25.7. The first kappa shape index (κ1) is 25.4. The number of carbonyl (C=O) groups excluding carboxylic acids is 2. The minimum Gasteiger partial charge on any atom is -0.504 e. The fourth-order valence-electron chi connectivity index (χ4n) is 5.06. The second-order valence-electron chi connectivity index (χ2n) is 9.53. The highest BCUT2D eigenvalue weighted by molar-refractivity contribution is 6.06. The van der Waals surface area contributed by atoms with Crippen molar-refractivity contribution in [2.24, 2.45) is 5.92 Å². The number of rotatable bonds is 3. The molecule has 3 aromatic rings. The average Bonchev–Trinajstić information content (AvgIpc) is 2.88. The summed E-state index contributed by atoms with van der Waals surface area (Å²) >= 11 is 0. The zero-order valence-corrected chi connectivity index (χ0v) is 21.3. The first-order valence-electron chi connectivity index (χ1n) is 12.8. The molecule has 3 aromatic carbocycles. The molecule has 4 heteroatoms. The Morgan fingerprint density at radius 2 is 1.78 bits per heavy atom. The Bertz CT molecular complexity index is 1330. The first-order valence-corrected chi connectivity index (χ1v) is 12.8. The van der Waals surface area contributed by atoms with Crippen molar-refractivity contribution >= 4 is 34.5 Å². The summed E-state index contributed by atoms with van der Waals surface area (Å²) in [6, 6.07) is 16.4. The number of carbonyl (C=O) groups is 2. The summed E-state index contributed by atoms with van der Waals surface area (Å²) in [5, 5.41) is 13.4. The van der Waals surface area contributed by atoms with Gasteiger partial charge in [0.25, 0.3) is 0 Å². The summed E-state index contributed by atoms with van der Waals surface area (Å²) < 4.78 is 5.48. The number of aromatic hydroxyl groups is 1. The van der Waals surface area contributed by atoms with Crippen LogP contribution in [0.2, 0.25) is 0 Å². The van der Waals surface area contributed by atoms with Gasteiger partial charge in [0.2, 0.25) is 0 Å². The van der Waals surface area contributed by atoms with Crippen LogP contribution in [0, 0.1) is 5.92 Å². The zero-order valence-electron chi connectivity index (χ0n) is 21.3. The smallest absolute Gasteiger partial charge is 0.163 e. The van der Waals surface area contributed by atoms with Gasteiger partial charge in [-0.2, -0.15) is 0 Å². The van der Waals surface area contributed by atoms with Crippen molar-refractivity contribution in [1.29, 1.82) is 0 Å². The monoisotopic (exact) mass is 482 g/mol. The van der Waals surface area contributed by atoms with E-state index in [2.05, 4.69) is 50.3 Å². The van der Waals surface area contributed by atoms with E-state index >= 15 is 0 Å². The van der Waals surface area contributed by atoms with Gasteiger partial charge in [0.15, 0.2) is 17.3 Å². The van der Waals surface area contributed by atoms with E-state index in [1.165, 1.54) is 18.6 Å². The van der Waals surface area contributed by atoms with Crippen molar-refractivity contribution in [2.45, 2.75) is 51.9 Å².